The van der Waals surface area contributed by atoms with E-state index in [1.54, 1.807) is 18.2 Å². The number of ether oxygens (including phenoxy) is 1. The number of nitro benzene ring substituents is 1. The Bertz CT molecular complexity index is 687. The lowest BCUT2D eigenvalue weighted by Gasteiger charge is -2.28. The third-order valence-electron chi connectivity index (χ3n) is 4.15. The predicted octanol–water partition coefficient (Wildman–Crippen LogP) is 3.42. The zero-order chi connectivity index (χ0) is 16.1. The fraction of sp³-hybridized carbons (Fsp3) is 0.333. The highest BCUT2D eigenvalue weighted by atomic mass is 16.6. The second-order valence-corrected chi connectivity index (χ2v) is 5.72. The van der Waals surface area contributed by atoms with Gasteiger partial charge in [-0.15, -0.1) is 0 Å². The topological polar surface area (TPSA) is 55.6 Å². The molecule has 2 aromatic carbocycles. The van der Waals surface area contributed by atoms with Gasteiger partial charge in [-0.1, -0.05) is 36.4 Å². The van der Waals surface area contributed by atoms with Crippen LogP contribution in [-0.4, -0.2) is 29.5 Å². The number of hydrogen-bond donors (Lipinski definition) is 0. The smallest absolute Gasteiger partial charge is 0.310 e. The lowest BCUT2D eigenvalue weighted by molar-refractivity contribution is -0.385. The van der Waals surface area contributed by atoms with Crippen molar-refractivity contribution in [3.05, 3.63) is 69.8 Å². The summed E-state index contributed by atoms with van der Waals surface area (Å²) in [5.74, 6) is 0.349. The molecule has 5 heteroatoms. The summed E-state index contributed by atoms with van der Waals surface area (Å²) in [6, 6.07) is 15.1. The fourth-order valence-electron chi connectivity index (χ4n) is 2.95. The van der Waals surface area contributed by atoms with E-state index in [-0.39, 0.29) is 5.69 Å². The number of nitrogens with zero attached hydrogens (tertiary/aromatic N) is 2. The Morgan fingerprint density at radius 1 is 1.09 bits per heavy atom. The molecule has 0 atom stereocenters. The summed E-state index contributed by atoms with van der Waals surface area (Å²) in [6.45, 7) is 3.46. The Morgan fingerprint density at radius 3 is 2.65 bits per heavy atom. The van der Waals surface area contributed by atoms with Crippen LogP contribution in [0, 0.1) is 10.1 Å². The Kier molecular flexibility index (Phi) is 4.88. The molecule has 120 valence electrons. The van der Waals surface area contributed by atoms with E-state index in [0.717, 1.165) is 32.5 Å². The van der Waals surface area contributed by atoms with Crippen molar-refractivity contribution in [1.29, 1.82) is 0 Å². The molecule has 0 aliphatic carbocycles. The molecule has 0 saturated carbocycles. The van der Waals surface area contributed by atoms with Crippen molar-refractivity contribution in [3.8, 4) is 5.75 Å². The minimum Gasteiger partial charge on any atom is -0.487 e. The van der Waals surface area contributed by atoms with E-state index in [9.17, 15) is 10.1 Å². The highest BCUT2D eigenvalue weighted by Crippen LogP contribution is 2.26. The highest BCUT2D eigenvalue weighted by molar-refractivity contribution is 5.45. The lowest BCUT2D eigenvalue weighted by Crippen LogP contribution is -2.31. The zero-order valence-corrected chi connectivity index (χ0v) is 13.0. The van der Waals surface area contributed by atoms with Crippen LogP contribution >= 0.6 is 0 Å². The normalized spacial score (nSPS) is 14.3. The lowest BCUT2D eigenvalue weighted by atomic mass is 10.00. The molecule has 0 fully saturated rings. The van der Waals surface area contributed by atoms with Crippen LogP contribution in [0.4, 0.5) is 5.69 Å². The third-order valence-corrected chi connectivity index (χ3v) is 4.15. The van der Waals surface area contributed by atoms with Crippen LogP contribution in [-0.2, 0) is 13.0 Å². The Balaban J connectivity index is 1.47. The number of para-hydroxylation sites is 2. The molecule has 0 N–H and O–H groups in total. The average molecular weight is 312 g/mol. The Hall–Kier alpha value is -2.40. The summed E-state index contributed by atoms with van der Waals surface area (Å²) in [7, 11) is 0. The number of nitro groups is 1. The number of hydrogen-bond acceptors (Lipinski definition) is 4. The summed E-state index contributed by atoms with van der Waals surface area (Å²) in [5.41, 5.74) is 2.87. The molecular formula is C18H20N2O3. The molecule has 5 nitrogen and oxygen atoms in total. The maximum absolute atomic E-state index is 10.9. The number of benzene rings is 2. The summed E-state index contributed by atoms with van der Waals surface area (Å²) in [6.07, 6.45) is 1.94. The van der Waals surface area contributed by atoms with Crippen molar-refractivity contribution >= 4 is 5.69 Å². The van der Waals surface area contributed by atoms with Gasteiger partial charge in [0.25, 0.3) is 0 Å². The minimum atomic E-state index is -0.406. The quantitative estimate of drug-likeness (QED) is 0.466. The Labute approximate surface area is 135 Å². The van der Waals surface area contributed by atoms with Gasteiger partial charge in [-0.25, -0.2) is 0 Å². The summed E-state index contributed by atoms with van der Waals surface area (Å²) in [5, 5.41) is 10.9. The van der Waals surface area contributed by atoms with Crippen LogP contribution < -0.4 is 4.74 Å². The summed E-state index contributed by atoms with van der Waals surface area (Å²) < 4.78 is 5.59. The second-order valence-electron chi connectivity index (χ2n) is 5.72. The van der Waals surface area contributed by atoms with Crippen LogP contribution in [0.5, 0.6) is 5.75 Å². The first-order chi connectivity index (χ1) is 11.2. The van der Waals surface area contributed by atoms with E-state index < -0.39 is 4.92 Å². The second kappa shape index (κ2) is 7.24. The van der Waals surface area contributed by atoms with Crippen LogP contribution in [0.2, 0.25) is 0 Å². The maximum Gasteiger partial charge on any atom is 0.310 e. The van der Waals surface area contributed by atoms with E-state index in [1.807, 2.05) is 0 Å². The van der Waals surface area contributed by atoms with Crippen LogP contribution in [0.15, 0.2) is 48.5 Å². The number of rotatable bonds is 6. The van der Waals surface area contributed by atoms with Gasteiger partial charge in [0.1, 0.15) is 0 Å². The molecule has 0 unspecified atom stereocenters. The van der Waals surface area contributed by atoms with Gasteiger partial charge in [0, 0.05) is 25.7 Å². The standard InChI is InChI=1S/C18H20N2O3/c21-20(22)17-8-3-4-9-18(17)23-13-5-11-19-12-10-15-6-1-2-7-16(15)14-19/h1-4,6-9H,5,10-14H2. The van der Waals surface area contributed by atoms with Gasteiger partial charge in [0.05, 0.1) is 11.5 Å². The van der Waals surface area contributed by atoms with E-state index in [0.29, 0.717) is 12.4 Å². The van der Waals surface area contributed by atoms with Crippen LogP contribution in [0.1, 0.15) is 17.5 Å². The molecule has 1 heterocycles. The van der Waals surface area contributed by atoms with Gasteiger partial charge in [-0.3, -0.25) is 15.0 Å². The first-order valence-electron chi connectivity index (χ1n) is 7.89. The molecule has 0 amide bonds. The first kappa shape index (κ1) is 15.5. The zero-order valence-electron chi connectivity index (χ0n) is 13.0. The van der Waals surface area contributed by atoms with E-state index in [1.165, 1.54) is 17.2 Å². The average Bonchev–Trinajstić information content (AvgIpc) is 2.59. The molecule has 0 spiro atoms. The Morgan fingerprint density at radius 2 is 1.83 bits per heavy atom. The van der Waals surface area contributed by atoms with Crippen molar-refractivity contribution < 1.29 is 9.66 Å². The molecule has 0 saturated heterocycles. The molecular weight excluding hydrogens is 292 g/mol. The van der Waals surface area contributed by atoms with Crippen molar-refractivity contribution in [2.75, 3.05) is 19.7 Å². The van der Waals surface area contributed by atoms with Gasteiger partial charge in [0.2, 0.25) is 0 Å². The van der Waals surface area contributed by atoms with Gasteiger partial charge >= 0.3 is 5.69 Å². The molecule has 1 aliphatic rings. The van der Waals surface area contributed by atoms with Gasteiger partial charge in [-0.05, 0) is 30.0 Å². The fourth-order valence-corrected chi connectivity index (χ4v) is 2.95. The molecule has 1 aliphatic heterocycles. The van der Waals surface area contributed by atoms with Crippen LogP contribution in [0.25, 0.3) is 0 Å². The largest absolute Gasteiger partial charge is 0.487 e. The van der Waals surface area contributed by atoms with Crippen molar-refractivity contribution in [2.45, 2.75) is 19.4 Å². The summed E-state index contributed by atoms with van der Waals surface area (Å²) >= 11 is 0. The molecule has 0 bridgehead atoms. The predicted molar refractivity (Wildman–Crippen MR) is 88.6 cm³/mol. The van der Waals surface area contributed by atoms with Crippen LogP contribution in [0.3, 0.4) is 0 Å². The van der Waals surface area contributed by atoms with Crippen molar-refractivity contribution in [1.82, 2.24) is 4.90 Å². The molecule has 23 heavy (non-hydrogen) atoms. The van der Waals surface area contributed by atoms with E-state index in [4.69, 9.17) is 4.74 Å². The van der Waals surface area contributed by atoms with Gasteiger partial charge < -0.3 is 4.74 Å². The van der Waals surface area contributed by atoms with Gasteiger partial charge in [-0.2, -0.15) is 0 Å². The SMILES string of the molecule is O=[N+]([O-])c1ccccc1OCCCN1CCc2ccccc2C1. The molecule has 0 aromatic heterocycles. The molecule has 3 rings (SSSR count). The first-order valence-corrected chi connectivity index (χ1v) is 7.89. The molecule has 2 aromatic rings. The number of fused-ring (bicyclic) bond motifs is 1. The molecule has 0 radical (unpaired) electrons. The monoisotopic (exact) mass is 312 g/mol. The van der Waals surface area contributed by atoms with E-state index >= 15 is 0 Å². The minimum absolute atomic E-state index is 0.0272. The van der Waals surface area contributed by atoms with Crippen molar-refractivity contribution in [3.63, 3.8) is 0 Å². The van der Waals surface area contributed by atoms with Crippen molar-refractivity contribution in [2.24, 2.45) is 0 Å². The van der Waals surface area contributed by atoms with Gasteiger partial charge in [0.15, 0.2) is 5.75 Å². The van der Waals surface area contributed by atoms with E-state index in [2.05, 4.69) is 29.2 Å². The third kappa shape index (κ3) is 3.87. The summed E-state index contributed by atoms with van der Waals surface area (Å²) in [4.78, 5) is 12.9. The highest BCUT2D eigenvalue weighted by Gasteiger charge is 2.16. The maximum atomic E-state index is 10.9.